The van der Waals surface area contributed by atoms with E-state index in [1.165, 1.54) is 30.6 Å². The van der Waals surface area contributed by atoms with Gasteiger partial charge in [-0.1, -0.05) is 31.0 Å². The van der Waals surface area contributed by atoms with Crippen molar-refractivity contribution in [2.75, 3.05) is 31.1 Å². The van der Waals surface area contributed by atoms with Gasteiger partial charge in [-0.05, 0) is 44.5 Å². The van der Waals surface area contributed by atoms with E-state index in [1.54, 1.807) is 19.1 Å². The molecule has 35 heavy (non-hydrogen) atoms. The molecule has 2 unspecified atom stereocenters. The largest absolute Gasteiger partial charge is 0.449 e. The number of amides is 1. The van der Waals surface area contributed by atoms with Crippen LogP contribution in [0.2, 0.25) is 0 Å². The van der Waals surface area contributed by atoms with Crippen LogP contribution >= 0.6 is 0 Å². The summed E-state index contributed by atoms with van der Waals surface area (Å²) in [5, 5.41) is 3.24. The van der Waals surface area contributed by atoms with E-state index in [9.17, 15) is 18.0 Å². The van der Waals surface area contributed by atoms with E-state index in [-0.39, 0.29) is 52.6 Å². The Balaban J connectivity index is 1.66. The summed E-state index contributed by atoms with van der Waals surface area (Å²) in [7, 11) is -3.89. The Kier molecular flexibility index (Phi) is 7.18. The Morgan fingerprint density at radius 2 is 1.91 bits per heavy atom. The van der Waals surface area contributed by atoms with Gasteiger partial charge in [0, 0.05) is 18.7 Å². The van der Waals surface area contributed by atoms with Gasteiger partial charge in [0.05, 0.1) is 24.2 Å². The molecule has 0 saturated carbocycles. The maximum atomic E-state index is 13.1. The number of carbonyl (C=O) groups excluding carboxylic acids is 2. The van der Waals surface area contributed by atoms with Gasteiger partial charge in [-0.25, -0.2) is 27.2 Å². The van der Waals surface area contributed by atoms with Crippen LogP contribution in [0.15, 0.2) is 47.6 Å². The van der Waals surface area contributed by atoms with Gasteiger partial charge in [-0.2, -0.15) is 0 Å². The maximum absolute atomic E-state index is 13.1. The number of nitrogens with one attached hydrogen (secondary N) is 1. The minimum absolute atomic E-state index is 0.0867. The highest BCUT2D eigenvalue weighted by Crippen LogP contribution is 2.25. The summed E-state index contributed by atoms with van der Waals surface area (Å²) < 4.78 is 32.5. The molecule has 1 fully saturated rings. The fourth-order valence-corrected chi connectivity index (χ4v) is 5.57. The number of ketones is 1. The first kappa shape index (κ1) is 24.8. The molecule has 1 aromatic carbocycles. The topological polar surface area (TPSA) is 123 Å². The average Bonchev–Trinajstić information content (AvgIpc) is 3.49. The van der Waals surface area contributed by atoms with Crippen LogP contribution < -0.4 is 10.2 Å². The summed E-state index contributed by atoms with van der Waals surface area (Å²) in [5.41, 5.74) is 1.34. The van der Waals surface area contributed by atoms with Crippen molar-refractivity contribution in [1.82, 2.24) is 19.3 Å². The molecule has 1 N–H and O–H groups in total. The second-order valence-electron chi connectivity index (χ2n) is 8.55. The summed E-state index contributed by atoms with van der Waals surface area (Å²) in [6.07, 6.45) is 2.81. The molecule has 0 radical (unpaired) electrons. The number of Topliss-reactive ketones (excluding diaryl/α,β-unsaturated/α-hetero) is 1. The van der Waals surface area contributed by atoms with Gasteiger partial charge in [0.25, 0.3) is 10.0 Å². The van der Waals surface area contributed by atoms with E-state index in [2.05, 4.69) is 15.3 Å². The van der Waals surface area contributed by atoms with Crippen molar-refractivity contribution in [2.24, 2.45) is 11.8 Å². The van der Waals surface area contributed by atoms with Crippen molar-refractivity contribution in [3.8, 4) is 0 Å². The van der Waals surface area contributed by atoms with Crippen molar-refractivity contribution in [3.05, 3.63) is 48.3 Å². The lowest BCUT2D eigenvalue weighted by Gasteiger charge is -2.23. The second kappa shape index (κ2) is 10.1. The summed E-state index contributed by atoms with van der Waals surface area (Å²) in [5.74, 6) is 0.0422. The van der Waals surface area contributed by atoms with Crippen LogP contribution in [-0.4, -0.2) is 60.5 Å². The Morgan fingerprint density at radius 1 is 1.17 bits per heavy atom. The summed E-state index contributed by atoms with van der Waals surface area (Å²) >= 11 is 0. The number of fused-ring (bicyclic) bond motifs is 1. The number of benzene rings is 1. The Morgan fingerprint density at radius 3 is 2.60 bits per heavy atom. The van der Waals surface area contributed by atoms with E-state index in [1.807, 2.05) is 13.8 Å². The number of carbonyl (C=O) groups is 2. The van der Waals surface area contributed by atoms with Gasteiger partial charge in [0.2, 0.25) is 0 Å². The quantitative estimate of drug-likeness (QED) is 0.502. The number of nitrogens with zero attached hydrogens (tertiary/aromatic N) is 4. The molecule has 1 saturated heterocycles. The molecule has 0 spiro atoms. The van der Waals surface area contributed by atoms with Gasteiger partial charge in [-0.15, -0.1) is 0 Å². The molecule has 0 aliphatic carbocycles. The average molecular weight is 500 g/mol. The molecule has 3 heterocycles. The zero-order valence-corrected chi connectivity index (χ0v) is 20.8. The lowest BCUT2D eigenvalue weighted by atomic mass is 9.90. The first-order chi connectivity index (χ1) is 16.8. The number of hydrogen-bond donors (Lipinski definition) is 1. The minimum atomic E-state index is -3.89. The zero-order valence-electron chi connectivity index (χ0n) is 20.0. The van der Waals surface area contributed by atoms with Gasteiger partial charge in [0.1, 0.15) is 5.52 Å². The molecule has 3 aromatic rings. The third-order valence-corrected chi connectivity index (χ3v) is 7.96. The van der Waals surface area contributed by atoms with E-state index < -0.39 is 16.1 Å². The highest BCUT2D eigenvalue weighted by molar-refractivity contribution is 7.90. The van der Waals surface area contributed by atoms with Crippen molar-refractivity contribution in [1.29, 1.82) is 0 Å². The second-order valence-corrected chi connectivity index (χ2v) is 10.4. The van der Waals surface area contributed by atoms with E-state index in [4.69, 9.17) is 4.74 Å². The Hall–Kier alpha value is -3.31. The molecule has 1 aliphatic heterocycles. The number of rotatable bonds is 8. The minimum Gasteiger partial charge on any atom is -0.449 e. The molecule has 2 atom stereocenters. The van der Waals surface area contributed by atoms with Crippen LogP contribution in [0.3, 0.4) is 0 Å². The Labute approximate surface area is 204 Å². The predicted molar refractivity (Wildman–Crippen MR) is 131 cm³/mol. The molecular formula is C24H29N5O5S. The first-order valence-electron chi connectivity index (χ1n) is 11.6. The van der Waals surface area contributed by atoms with Crippen LogP contribution in [0.25, 0.3) is 11.2 Å². The lowest BCUT2D eigenvalue weighted by molar-refractivity contribution is -0.122. The molecule has 186 valence electrons. The normalized spacial score (nSPS) is 18.0. The number of anilines is 1. The standard InChI is InChI=1S/C24H29N5O5S/c1-4-17-12-25-13-19(17)21(30)15-28(24(31)34-5-2)22-14-26-23-20(27-22)10-11-29(23)35(32,33)18-8-6-16(3)7-9-18/h6-11,14,17,19,25H,4-5,12-13,15H2,1-3H3. The highest BCUT2D eigenvalue weighted by atomic mass is 32.2. The molecular weight excluding hydrogens is 470 g/mol. The van der Waals surface area contributed by atoms with Crippen LogP contribution in [0.4, 0.5) is 10.6 Å². The van der Waals surface area contributed by atoms with E-state index >= 15 is 0 Å². The van der Waals surface area contributed by atoms with E-state index in [0.717, 1.165) is 27.4 Å². The summed E-state index contributed by atoms with van der Waals surface area (Å²) in [6, 6.07) is 8.03. The number of aryl methyl sites for hydroxylation is 1. The van der Waals surface area contributed by atoms with Gasteiger partial charge >= 0.3 is 6.09 Å². The number of ether oxygens (including phenoxy) is 1. The number of hydrogen-bond acceptors (Lipinski definition) is 8. The predicted octanol–water partition coefficient (Wildman–Crippen LogP) is 2.75. The molecule has 10 nitrogen and oxygen atoms in total. The van der Waals surface area contributed by atoms with Crippen LogP contribution in [0, 0.1) is 18.8 Å². The van der Waals surface area contributed by atoms with Gasteiger partial charge < -0.3 is 10.1 Å². The van der Waals surface area contributed by atoms with Crippen LogP contribution in [-0.2, 0) is 19.6 Å². The van der Waals surface area contributed by atoms with Crippen molar-refractivity contribution in [2.45, 2.75) is 32.1 Å². The fourth-order valence-electron chi connectivity index (χ4n) is 4.28. The molecule has 4 rings (SSSR count). The van der Waals surface area contributed by atoms with Gasteiger partial charge in [0.15, 0.2) is 17.2 Å². The van der Waals surface area contributed by atoms with Gasteiger partial charge in [-0.3, -0.25) is 9.69 Å². The van der Waals surface area contributed by atoms with Crippen molar-refractivity contribution in [3.63, 3.8) is 0 Å². The zero-order chi connectivity index (χ0) is 25.2. The molecule has 11 heteroatoms. The third-order valence-electron chi connectivity index (χ3n) is 6.28. The molecule has 1 amide bonds. The molecule has 0 bridgehead atoms. The first-order valence-corrected chi connectivity index (χ1v) is 13.0. The smallest absolute Gasteiger partial charge is 0.415 e. The van der Waals surface area contributed by atoms with Crippen molar-refractivity contribution >= 4 is 38.9 Å². The fraction of sp³-hybridized carbons (Fsp3) is 0.417. The maximum Gasteiger partial charge on any atom is 0.415 e. The molecule has 2 aromatic heterocycles. The van der Waals surface area contributed by atoms with Crippen molar-refractivity contribution < 1.29 is 22.7 Å². The van der Waals surface area contributed by atoms with Crippen LogP contribution in [0.1, 0.15) is 25.8 Å². The summed E-state index contributed by atoms with van der Waals surface area (Å²) in [6.45, 7) is 6.85. The van der Waals surface area contributed by atoms with E-state index in [0.29, 0.717) is 6.54 Å². The molecule has 1 aliphatic rings. The monoisotopic (exact) mass is 499 g/mol. The number of aromatic nitrogens is 3. The third kappa shape index (κ3) is 4.92. The summed E-state index contributed by atoms with van der Waals surface area (Å²) in [4.78, 5) is 35.8. The highest BCUT2D eigenvalue weighted by Gasteiger charge is 2.34. The van der Waals surface area contributed by atoms with Crippen LogP contribution in [0.5, 0.6) is 0 Å². The lowest BCUT2D eigenvalue weighted by Crippen LogP contribution is -2.40. The SMILES string of the molecule is CCOC(=O)N(CC(=O)C1CNCC1CC)c1cnc2c(ccn2S(=O)(=O)c2ccc(C)cc2)n1. The Bertz CT molecular complexity index is 1340.